The van der Waals surface area contributed by atoms with Crippen LogP contribution in [0.25, 0.3) is 21.8 Å². The molecule has 1 unspecified atom stereocenters. The summed E-state index contributed by atoms with van der Waals surface area (Å²) in [7, 11) is 0. The molecule has 3 aromatic rings. The van der Waals surface area contributed by atoms with Crippen LogP contribution in [0.2, 0.25) is 0 Å². The molecular weight excluding hydrogens is 434 g/mol. The zero-order valence-corrected chi connectivity index (χ0v) is 19.7. The third kappa shape index (κ3) is 5.16. The van der Waals surface area contributed by atoms with E-state index in [9.17, 15) is 0 Å². The molecule has 1 heterocycles. The molecule has 0 saturated heterocycles. The smallest absolute Gasteiger partial charge is 0.0760 e. The average Bonchev–Trinajstić information content (AvgIpc) is 2.66. The Kier molecular flexibility index (Phi) is 8.54. The Morgan fingerprint density at radius 3 is 2.54 bits per heavy atom. The first kappa shape index (κ1) is 22.9. The van der Waals surface area contributed by atoms with Crippen LogP contribution in [0.4, 0.5) is 5.69 Å². The van der Waals surface area contributed by atoms with E-state index < -0.39 is 0 Å². The molecule has 0 amide bonds. The van der Waals surface area contributed by atoms with Gasteiger partial charge in [0.05, 0.1) is 16.7 Å². The first-order valence-electron chi connectivity index (χ1n) is 10.0. The lowest BCUT2D eigenvalue weighted by Gasteiger charge is -2.22. The van der Waals surface area contributed by atoms with E-state index in [0.717, 1.165) is 35.0 Å². The van der Waals surface area contributed by atoms with Gasteiger partial charge >= 0.3 is 0 Å². The van der Waals surface area contributed by atoms with Gasteiger partial charge in [-0.15, -0.1) is 12.4 Å². The van der Waals surface area contributed by atoms with Gasteiger partial charge < -0.3 is 10.2 Å². The minimum atomic E-state index is 0. The van der Waals surface area contributed by atoms with Gasteiger partial charge in [0.25, 0.3) is 0 Å². The van der Waals surface area contributed by atoms with Crippen LogP contribution in [0, 0.1) is 6.92 Å². The summed E-state index contributed by atoms with van der Waals surface area (Å²) >= 11 is 3.66. The van der Waals surface area contributed by atoms with E-state index >= 15 is 0 Å². The third-order valence-corrected chi connectivity index (χ3v) is 5.79. The van der Waals surface area contributed by atoms with Crippen molar-refractivity contribution in [1.82, 2.24) is 9.88 Å². The Bertz CT molecular complexity index is 925. The van der Waals surface area contributed by atoms with Gasteiger partial charge in [-0.05, 0) is 70.1 Å². The lowest BCUT2D eigenvalue weighted by Crippen LogP contribution is -2.25. The van der Waals surface area contributed by atoms with Crippen LogP contribution in [0.1, 0.15) is 39.2 Å². The van der Waals surface area contributed by atoms with Crippen LogP contribution in [0.5, 0.6) is 0 Å². The highest BCUT2D eigenvalue weighted by molar-refractivity contribution is 9.10. The van der Waals surface area contributed by atoms with Gasteiger partial charge in [0, 0.05) is 21.3 Å². The topological polar surface area (TPSA) is 28.2 Å². The van der Waals surface area contributed by atoms with Gasteiger partial charge in [0.2, 0.25) is 0 Å². The second-order valence-corrected chi connectivity index (χ2v) is 8.25. The van der Waals surface area contributed by atoms with E-state index in [1.165, 1.54) is 35.0 Å². The number of halogens is 2. The summed E-state index contributed by atoms with van der Waals surface area (Å²) in [5, 5.41) is 6.20. The van der Waals surface area contributed by atoms with E-state index in [1.54, 1.807) is 0 Å². The van der Waals surface area contributed by atoms with Crippen molar-refractivity contribution in [3.8, 4) is 0 Å². The quantitative estimate of drug-likeness (QED) is 0.371. The van der Waals surface area contributed by atoms with E-state index in [-0.39, 0.29) is 12.4 Å². The number of aromatic nitrogens is 1. The number of rotatable bonds is 8. The predicted molar refractivity (Wildman–Crippen MR) is 129 cm³/mol. The highest BCUT2D eigenvalue weighted by Crippen LogP contribution is 2.34. The lowest BCUT2D eigenvalue weighted by molar-refractivity contribution is 0.295. The number of aryl methyl sites for hydroxylation is 1. The average molecular weight is 465 g/mol. The van der Waals surface area contributed by atoms with Crippen molar-refractivity contribution in [3.05, 3.63) is 46.4 Å². The van der Waals surface area contributed by atoms with Crippen molar-refractivity contribution < 1.29 is 0 Å². The van der Waals surface area contributed by atoms with Gasteiger partial charge in [0.15, 0.2) is 0 Å². The fraction of sp³-hybridized carbons (Fsp3) is 0.435. The maximum absolute atomic E-state index is 4.93. The third-order valence-electron chi connectivity index (χ3n) is 5.34. The van der Waals surface area contributed by atoms with E-state index in [1.807, 2.05) is 0 Å². The fourth-order valence-electron chi connectivity index (χ4n) is 3.76. The molecule has 0 aliphatic rings. The summed E-state index contributed by atoms with van der Waals surface area (Å²) in [6, 6.07) is 13.2. The number of anilines is 1. The summed E-state index contributed by atoms with van der Waals surface area (Å²) in [6.07, 6.45) is 2.36. The van der Waals surface area contributed by atoms with Gasteiger partial charge in [-0.25, -0.2) is 4.98 Å². The molecule has 28 heavy (non-hydrogen) atoms. The molecule has 0 aliphatic heterocycles. The van der Waals surface area contributed by atoms with Crippen molar-refractivity contribution in [3.63, 3.8) is 0 Å². The molecule has 1 aromatic heterocycles. The number of nitrogens with one attached hydrogen (secondary N) is 1. The molecule has 5 heteroatoms. The molecule has 3 rings (SSSR count). The molecule has 3 nitrogen and oxygen atoms in total. The van der Waals surface area contributed by atoms with Crippen molar-refractivity contribution in [2.24, 2.45) is 0 Å². The van der Waals surface area contributed by atoms with Crippen LogP contribution >= 0.6 is 28.3 Å². The van der Waals surface area contributed by atoms with Gasteiger partial charge in [-0.3, -0.25) is 0 Å². The van der Waals surface area contributed by atoms with E-state index in [4.69, 9.17) is 4.98 Å². The maximum Gasteiger partial charge on any atom is 0.0760 e. The molecule has 0 bridgehead atoms. The summed E-state index contributed by atoms with van der Waals surface area (Å²) in [5.74, 6) is 0. The van der Waals surface area contributed by atoms with E-state index in [2.05, 4.69) is 90.2 Å². The minimum Gasteiger partial charge on any atom is -0.381 e. The van der Waals surface area contributed by atoms with Crippen molar-refractivity contribution in [1.29, 1.82) is 0 Å². The highest BCUT2D eigenvalue weighted by atomic mass is 79.9. The molecule has 0 spiro atoms. The summed E-state index contributed by atoms with van der Waals surface area (Å²) in [6.45, 7) is 12.3. The summed E-state index contributed by atoms with van der Waals surface area (Å²) in [5.41, 5.74) is 4.53. The normalized spacial score (nSPS) is 12.4. The number of fused-ring (bicyclic) bond motifs is 2. The van der Waals surface area contributed by atoms with Gasteiger partial charge in [-0.2, -0.15) is 0 Å². The minimum absolute atomic E-state index is 0. The van der Waals surface area contributed by atoms with Crippen molar-refractivity contribution in [2.75, 3.05) is 25.0 Å². The highest BCUT2D eigenvalue weighted by Gasteiger charge is 2.14. The van der Waals surface area contributed by atoms with E-state index in [0.29, 0.717) is 6.04 Å². The maximum atomic E-state index is 4.93. The van der Waals surface area contributed by atoms with Crippen LogP contribution in [0.3, 0.4) is 0 Å². The Labute approximate surface area is 183 Å². The molecule has 152 valence electrons. The summed E-state index contributed by atoms with van der Waals surface area (Å²) < 4.78 is 1.10. The molecule has 0 fully saturated rings. The number of hydrogen-bond donors (Lipinski definition) is 1. The summed E-state index contributed by atoms with van der Waals surface area (Å²) in [4.78, 5) is 7.42. The first-order valence-corrected chi connectivity index (χ1v) is 10.8. The lowest BCUT2D eigenvalue weighted by atomic mass is 10.0. The predicted octanol–water partition coefficient (Wildman–Crippen LogP) is 6.80. The SMILES string of the molecule is CCN(CC)CCCC(C)Nc1c2ccccc2nc2c(C)cc(Br)cc12.Cl. The first-order chi connectivity index (χ1) is 13.0. The number of nitrogens with zero attached hydrogens (tertiary/aromatic N) is 2. The zero-order chi connectivity index (χ0) is 19.4. The standard InChI is InChI=1S/C23H30BrN3.ClH/c1-5-27(6-2)13-9-10-17(4)25-23-19-11-7-8-12-21(19)26-22-16(3)14-18(24)15-20(22)23;/h7-8,11-12,14-15,17H,5-6,9-10,13H2,1-4H3,(H,25,26);1H. The fourth-order valence-corrected chi connectivity index (χ4v) is 4.33. The molecule has 0 radical (unpaired) electrons. The number of benzene rings is 2. The Hall–Kier alpha value is -1.36. The molecular formula is C23H31BrClN3. The number of para-hydroxylation sites is 1. The second-order valence-electron chi connectivity index (χ2n) is 7.34. The number of hydrogen-bond acceptors (Lipinski definition) is 3. The second kappa shape index (κ2) is 10.4. The van der Waals surface area contributed by atoms with Crippen molar-refractivity contribution >= 4 is 55.8 Å². The molecule has 1 N–H and O–H groups in total. The molecule has 0 aliphatic carbocycles. The molecule has 1 atom stereocenters. The largest absolute Gasteiger partial charge is 0.381 e. The Balaban J connectivity index is 0.00000280. The van der Waals surface area contributed by atoms with Crippen LogP contribution < -0.4 is 5.32 Å². The zero-order valence-electron chi connectivity index (χ0n) is 17.3. The Morgan fingerprint density at radius 2 is 1.82 bits per heavy atom. The van der Waals surface area contributed by atoms with Crippen LogP contribution in [-0.4, -0.2) is 35.6 Å². The Morgan fingerprint density at radius 1 is 1.11 bits per heavy atom. The van der Waals surface area contributed by atoms with Gasteiger partial charge in [-0.1, -0.05) is 48.0 Å². The van der Waals surface area contributed by atoms with Crippen molar-refractivity contribution in [2.45, 2.75) is 46.6 Å². The monoisotopic (exact) mass is 463 g/mol. The van der Waals surface area contributed by atoms with Crippen LogP contribution in [0.15, 0.2) is 40.9 Å². The van der Waals surface area contributed by atoms with Gasteiger partial charge in [0.1, 0.15) is 0 Å². The van der Waals surface area contributed by atoms with Crippen LogP contribution in [-0.2, 0) is 0 Å². The number of pyridine rings is 1. The molecule has 0 saturated carbocycles. The molecule has 2 aromatic carbocycles.